The molecule has 2 rings (SSSR count). The minimum Gasteiger partial charge on any atom is -0.462 e. The van der Waals surface area contributed by atoms with Gasteiger partial charge in [0, 0.05) is 0 Å². The van der Waals surface area contributed by atoms with Crippen molar-refractivity contribution in [3.63, 3.8) is 0 Å². The first-order chi connectivity index (χ1) is 7.70. The Morgan fingerprint density at radius 1 is 1.24 bits per heavy atom. The summed E-state index contributed by atoms with van der Waals surface area (Å²) in [5.41, 5.74) is 0.109. The molecular formula is C15H26O2. The molecule has 0 radical (unpaired) electrons. The Hall–Kier alpha value is -0.530. The molecule has 0 aromatic carbocycles. The third kappa shape index (κ3) is 2.51. The van der Waals surface area contributed by atoms with Gasteiger partial charge in [0.2, 0.25) is 0 Å². The molecule has 17 heavy (non-hydrogen) atoms. The van der Waals surface area contributed by atoms with Crippen molar-refractivity contribution >= 4 is 5.97 Å². The summed E-state index contributed by atoms with van der Waals surface area (Å²) < 4.78 is 5.63. The van der Waals surface area contributed by atoms with Crippen LogP contribution in [-0.2, 0) is 9.53 Å². The van der Waals surface area contributed by atoms with Crippen LogP contribution in [0.3, 0.4) is 0 Å². The maximum absolute atomic E-state index is 11.8. The Bertz CT molecular complexity index is 311. The van der Waals surface area contributed by atoms with E-state index in [1.807, 2.05) is 13.8 Å². The SMILES string of the molecule is CC1(C)C[C@H]2C[C@H](C(C)(C)C)CC[C@@H]2OC1=O. The zero-order valence-corrected chi connectivity index (χ0v) is 11.9. The lowest BCUT2D eigenvalue weighted by molar-refractivity contribution is -0.179. The molecule has 98 valence electrons. The van der Waals surface area contributed by atoms with E-state index >= 15 is 0 Å². The van der Waals surface area contributed by atoms with Gasteiger partial charge in [0.05, 0.1) is 5.41 Å². The van der Waals surface area contributed by atoms with Crippen LogP contribution >= 0.6 is 0 Å². The zero-order chi connectivity index (χ0) is 12.8. The predicted octanol–water partition coefficient (Wildman–Crippen LogP) is 3.79. The molecule has 0 amide bonds. The summed E-state index contributed by atoms with van der Waals surface area (Å²) >= 11 is 0. The van der Waals surface area contributed by atoms with Crippen LogP contribution in [-0.4, -0.2) is 12.1 Å². The van der Waals surface area contributed by atoms with Crippen molar-refractivity contribution in [2.75, 3.05) is 0 Å². The van der Waals surface area contributed by atoms with Gasteiger partial charge in [-0.3, -0.25) is 4.79 Å². The highest BCUT2D eigenvalue weighted by molar-refractivity contribution is 5.76. The van der Waals surface area contributed by atoms with Crippen LogP contribution in [0, 0.1) is 22.7 Å². The molecule has 1 aliphatic heterocycles. The molecule has 2 nitrogen and oxygen atoms in total. The molecule has 2 fully saturated rings. The van der Waals surface area contributed by atoms with E-state index in [4.69, 9.17) is 4.74 Å². The fourth-order valence-corrected chi connectivity index (χ4v) is 3.43. The van der Waals surface area contributed by atoms with Gasteiger partial charge < -0.3 is 4.74 Å². The number of ether oxygens (including phenoxy) is 1. The Balaban J connectivity index is 2.08. The molecule has 1 saturated heterocycles. The number of fused-ring (bicyclic) bond motifs is 1. The molecule has 3 atom stereocenters. The van der Waals surface area contributed by atoms with E-state index in [9.17, 15) is 4.79 Å². The largest absolute Gasteiger partial charge is 0.462 e. The Kier molecular flexibility index (Phi) is 3.04. The number of esters is 1. The number of rotatable bonds is 0. The van der Waals surface area contributed by atoms with Crippen LogP contribution < -0.4 is 0 Å². The normalized spacial score (nSPS) is 37.2. The first-order valence-electron chi connectivity index (χ1n) is 6.91. The lowest BCUT2D eigenvalue weighted by Gasteiger charge is -2.46. The molecule has 0 aromatic rings. The van der Waals surface area contributed by atoms with E-state index in [0.29, 0.717) is 11.3 Å². The first-order valence-corrected chi connectivity index (χ1v) is 6.91. The van der Waals surface area contributed by atoms with Gasteiger partial charge in [0.15, 0.2) is 0 Å². The minimum absolute atomic E-state index is 0.00737. The highest BCUT2D eigenvalue weighted by Gasteiger charge is 2.46. The maximum Gasteiger partial charge on any atom is 0.311 e. The van der Waals surface area contributed by atoms with E-state index in [2.05, 4.69) is 20.8 Å². The summed E-state index contributed by atoms with van der Waals surface area (Å²) in [6.45, 7) is 11.0. The van der Waals surface area contributed by atoms with E-state index in [1.165, 1.54) is 12.8 Å². The first kappa shape index (κ1) is 12.9. The lowest BCUT2D eigenvalue weighted by atomic mass is 9.64. The number of hydrogen-bond donors (Lipinski definition) is 0. The summed E-state index contributed by atoms with van der Waals surface area (Å²) in [6.07, 6.45) is 4.70. The van der Waals surface area contributed by atoms with Crippen molar-refractivity contribution in [1.29, 1.82) is 0 Å². The monoisotopic (exact) mass is 238 g/mol. The van der Waals surface area contributed by atoms with E-state index in [1.54, 1.807) is 0 Å². The Labute approximate surface area is 105 Å². The average molecular weight is 238 g/mol. The van der Waals surface area contributed by atoms with Gasteiger partial charge >= 0.3 is 5.97 Å². The van der Waals surface area contributed by atoms with Crippen molar-refractivity contribution in [3.05, 3.63) is 0 Å². The van der Waals surface area contributed by atoms with Gasteiger partial charge in [0.1, 0.15) is 6.10 Å². The van der Waals surface area contributed by atoms with Gasteiger partial charge in [-0.05, 0) is 56.8 Å². The van der Waals surface area contributed by atoms with Crippen molar-refractivity contribution < 1.29 is 9.53 Å². The molecule has 0 N–H and O–H groups in total. The molecule has 0 spiro atoms. The molecule has 1 aliphatic carbocycles. The van der Waals surface area contributed by atoms with Crippen molar-refractivity contribution in [2.24, 2.45) is 22.7 Å². The van der Waals surface area contributed by atoms with Crippen LogP contribution in [0.2, 0.25) is 0 Å². The van der Waals surface area contributed by atoms with Crippen LogP contribution in [0.4, 0.5) is 0 Å². The van der Waals surface area contributed by atoms with Crippen LogP contribution in [0.15, 0.2) is 0 Å². The van der Waals surface area contributed by atoms with Crippen molar-refractivity contribution in [2.45, 2.75) is 66.4 Å². The van der Waals surface area contributed by atoms with Crippen molar-refractivity contribution in [1.82, 2.24) is 0 Å². The lowest BCUT2D eigenvalue weighted by Crippen LogP contribution is -2.47. The molecular weight excluding hydrogens is 212 g/mol. The second-order valence-corrected chi connectivity index (χ2v) is 7.67. The molecule has 0 bridgehead atoms. The van der Waals surface area contributed by atoms with Gasteiger partial charge in [-0.25, -0.2) is 0 Å². The van der Waals surface area contributed by atoms with Crippen LogP contribution in [0.25, 0.3) is 0 Å². The quantitative estimate of drug-likeness (QED) is 0.600. The van der Waals surface area contributed by atoms with E-state index in [0.717, 1.165) is 18.8 Å². The summed E-state index contributed by atoms with van der Waals surface area (Å²) in [5.74, 6) is 1.37. The second kappa shape index (κ2) is 4.00. The minimum atomic E-state index is -0.277. The van der Waals surface area contributed by atoms with E-state index in [-0.39, 0.29) is 17.5 Å². The smallest absolute Gasteiger partial charge is 0.311 e. The van der Waals surface area contributed by atoms with E-state index < -0.39 is 0 Å². The number of carbonyl (C=O) groups excluding carboxylic acids is 1. The van der Waals surface area contributed by atoms with Crippen LogP contribution in [0.1, 0.15) is 60.3 Å². The van der Waals surface area contributed by atoms with Gasteiger partial charge in [0.25, 0.3) is 0 Å². The standard InChI is InChI=1S/C15H26O2/c1-14(2,3)11-6-7-12-10(8-11)9-15(4,5)13(16)17-12/h10-12H,6-9H2,1-5H3/t10-,11-,12+/m1/s1. The van der Waals surface area contributed by atoms with Gasteiger partial charge in [-0.15, -0.1) is 0 Å². The van der Waals surface area contributed by atoms with Crippen molar-refractivity contribution in [3.8, 4) is 0 Å². The van der Waals surface area contributed by atoms with Gasteiger partial charge in [-0.1, -0.05) is 20.8 Å². The predicted molar refractivity (Wildman–Crippen MR) is 68.6 cm³/mol. The highest BCUT2D eigenvalue weighted by Crippen LogP contribution is 2.47. The third-order valence-corrected chi connectivity index (χ3v) is 4.72. The average Bonchev–Trinajstić information content (AvgIpc) is 2.17. The highest BCUT2D eigenvalue weighted by atomic mass is 16.5. The molecule has 1 saturated carbocycles. The summed E-state index contributed by atoms with van der Waals surface area (Å²) in [7, 11) is 0. The molecule has 2 aliphatic rings. The molecule has 0 unspecified atom stereocenters. The fraction of sp³-hybridized carbons (Fsp3) is 0.933. The molecule has 2 heteroatoms. The van der Waals surface area contributed by atoms with Gasteiger partial charge in [-0.2, -0.15) is 0 Å². The summed E-state index contributed by atoms with van der Waals surface area (Å²) in [4.78, 5) is 11.8. The molecule has 1 heterocycles. The Morgan fingerprint density at radius 2 is 1.88 bits per heavy atom. The Morgan fingerprint density at radius 3 is 2.47 bits per heavy atom. The van der Waals surface area contributed by atoms with Crippen LogP contribution in [0.5, 0.6) is 0 Å². The number of carbonyl (C=O) groups is 1. The fourth-order valence-electron chi connectivity index (χ4n) is 3.43. The maximum atomic E-state index is 11.8. The topological polar surface area (TPSA) is 26.3 Å². The summed E-state index contributed by atoms with van der Waals surface area (Å²) in [5, 5.41) is 0. The zero-order valence-electron chi connectivity index (χ0n) is 11.9. The number of hydrogen-bond acceptors (Lipinski definition) is 2. The molecule has 0 aromatic heterocycles. The third-order valence-electron chi connectivity index (χ3n) is 4.72. The summed E-state index contributed by atoms with van der Waals surface area (Å²) in [6, 6.07) is 0. The second-order valence-electron chi connectivity index (χ2n) is 7.67.